The van der Waals surface area contributed by atoms with Crippen LogP contribution in [-0.4, -0.2) is 68.5 Å². The fourth-order valence-corrected chi connectivity index (χ4v) is 4.23. The van der Waals surface area contributed by atoms with Crippen LogP contribution in [0.3, 0.4) is 0 Å². The van der Waals surface area contributed by atoms with Crippen molar-refractivity contribution in [3.05, 3.63) is 58.7 Å². The van der Waals surface area contributed by atoms with Gasteiger partial charge in [0, 0.05) is 38.4 Å². The molecule has 2 N–H and O–H groups in total. The van der Waals surface area contributed by atoms with Crippen LogP contribution in [0.1, 0.15) is 28.3 Å². The number of ether oxygens (including phenoxy) is 1. The average molecular weight is 439 g/mol. The monoisotopic (exact) mass is 438 g/mol. The zero-order valence-corrected chi connectivity index (χ0v) is 19.7. The SMILES string of the molecule is COc1ccc(C(CNC(=O)C(=O)Nc2c(C)cc(C)cc2C)N2CCN(C)CC2)cc1. The van der Waals surface area contributed by atoms with E-state index in [2.05, 4.69) is 27.5 Å². The molecule has 1 heterocycles. The van der Waals surface area contributed by atoms with Gasteiger partial charge in [0.15, 0.2) is 0 Å². The summed E-state index contributed by atoms with van der Waals surface area (Å²) in [6.07, 6.45) is 0. The highest BCUT2D eigenvalue weighted by Gasteiger charge is 2.26. The Kier molecular flexibility index (Phi) is 7.88. The molecule has 0 saturated carbocycles. The van der Waals surface area contributed by atoms with Gasteiger partial charge in [-0.05, 0) is 56.6 Å². The van der Waals surface area contributed by atoms with Gasteiger partial charge in [0.05, 0.1) is 13.2 Å². The molecule has 2 aromatic carbocycles. The van der Waals surface area contributed by atoms with Gasteiger partial charge in [-0.3, -0.25) is 14.5 Å². The van der Waals surface area contributed by atoms with Gasteiger partial charge >= 0.3 is 11.8 Å². The summed E-state index contributed by atoms with van der Waals surface area (Å²) < 4.78 is 5.28. The van der Waals surface area contributed by atoms with Crippen LogP contribution < -0.4 is 15.4 Å². The molecule has 1 aliphatic rings. The molecule has 1 atom stereocenters. The average Bonchev–Trinajstić information content (AvgIpc) is 2.77. The van der Waals surface area contributed by atoms with Crippen molar-refractivity contribution in [2.75, 3.05) is 52.2 Å². The normalized spacial score (nSPS) is 15.8. The minimum atomic E-state index is -0.646. The van der Waals surface area contributed by atoms with Crippen molar-refractivity contribution >= 4 is 17.5 Å². The third-order valence-electron chi connectivity index (χ3n) is 6.06. The molecule has 7 nitrogen and oxygen atoms in total. The summed E-state index contributed by atoms with van der Waals surface area (Å²) in [5.74, 6) is -0.484. The van der Waals surface area contributed by atoms with E-state index in [-0.39, 0.29) is 6.04 Å². The number of piperazine rings is 1. The molecule has 3 rings (SSSR count). The number of hydrogen-bond donors (Lipinski definition) is 2. The lowest BCUT2D eigenvalue weighted by Gasteiger charge is -2.38. The van der Waals surface area contributed by atoms with Crippen LogP contribution >= 0.6 is 0 Å². The van der Waals surface area contributed by atoms with Crippen LogP contribution in [0.5, 0.6) is 5.75 Å². The van der Waals surface area contributed by atoms with E-state index in [0.29, 0.717) is 12.2 Å². The van der Waals surface area contributed by atoms with Gasteiger partial charge in [0.2, 0.25) is 0 Å². The van der Waals surface area contributed by atoms with E-state index in [1.54, 1.807) is 7.11 Å². The van der Waals surface area contributed by atoms with E-state index in [9.17, 15) is 9.59 Å². The van der Waals surface area contributed by atoms with Crippen molar-refractivity contribution in [1.29, 1.82) is 0 Å². The summed E-state index contributed by atoms with van der Waals surface area (Å²) in [6, 6.07) is 11.9. The Labute approximate surface area is 190 Å². The van der Waals surface area contributed by atoms with Crippen LogP contribution in [0.4, 0.5) is 5.69 Å². The fraction of sp³-hybridized carbons (Fsp3) is 0.440. The second-order valence-electron chi connectivity index (χ2n) is 8.57. The third-order valence-corrected chi connectivity index (χ3v) is 6.06. The van der Waals surface area contributed by atoms with Crippen LogP contribution in [0, 0.1) is 20.8 Å². The molecule has 1 fully saturated rings. The number of carbonyl (C=O) groups excluding carboxylic acids is 2. The topological polar surface area (TPSA) is 73.9 Å². The van der Waals surface area contributed by atoms with Crippen LogP contribution in [-0.2, 0) is 9.59 Å². The van der Waals surface area contributed by atoms with Crippen molar-refractivity contribution in [2.45, 2.75) is 26.8 Å². The van der Waals surface area contributed by atoms with E-state index in [0.717, 1.165) is 54.2 Å². The molecular formula is C25H34N4O3. The quantitative estimate of drug-likeness (QED) is 0.679. The molecular weight excluding hydrogens is 404 g/mol. The Morgan fingerprint density at radius 1 is 0.969 bits per heavy atom. The number of rotatable bonds is 6. The van der Waals surface area contributed by atoms with Crippen molar-refractivity contribution < 1.29 is 14.3 Å². The predicted molar refractivity (Wildman–Crippen MR) is 127 cm³/mol. The number of likely N-dealkylation sites (N-methyl/N-ethyl adjacent to an activating group) is 1. The number of aryl methyl sites for hydroxylation is 3. The molecule has 2 amide bonds. The number of anilines is 1. The highest BCUT2D eigenvalue weighted by Crippen LogP contribution is 2.24. The first-order valence-electron chi connectivity index (χ1n) is 11.0. The van der Waals surface area contributed by atoms with Crippen LogP contribution in [0.15, 0.2) is 36.4 Å². The lowest BCUT2D eigenvalue weighted by Crippen LogP contribution is -2.49. The molecule has 1 saturated heterocycles. The van der Waals surface area contributed by atoms with Gasteiger partial charge in [-0.1, -0.05) is 29.8 Å². The maximum absolute atomic E-state index is 12.6. The van der Waals surface area contributed by atoms with Gasteiger partial charge in [-0.25, -0.2) is 0 Å². The first-order chi connectivity index (χ1) is 15.3. The number of nitrogens with zero attached hydrogens (tertiary/aromatic N) is 2. The summed E-state index contributed by atoms with van der Waals surface area (Å²) in [5.41, 5.74) is 4.79. The molecule has 0 aromatic heterocycles. The zero-order valence-electron chi connectivity index (χ0n) is 19.7. The lowest BCUT2D eigenvalue weighted by atomic mass is 10.0. The van der Waals surface area contributed by atoms with E-state index in [4.69, 9.17) is 4.74 Å². The Balaban J connectivity index is 1.69. The number of benzene rings is 2. The molecule has 2 aromatic rings. The summed E-state index contributed by atoms with van der Waals surface area (Å²) in [7, 11) is 3.75. The maximum Gasteiger partial charge on any atom is 0.313 e. The Hall–Kier alpha value is -2.90. The fourth-order valence-electron chi connectivity index (χ4n) is 4.23. The molecule has 0 radical (unpaired) electrons. The van der Waals surface area contributed by atoms with Crippen molar-refractivity contribution in [3.63, 3.8) is 0 Å². The second kappa shape index (κ2) is 10.6. The van der Waals surface area contributed by atoms with Crippen molar-refractivity contribution in [1.82, 2.24) is 15.1 Å². The summed E-state index contributed by atoms with van der Waals surface area (Å²) in [5, 5.41) is 5.63. The molecule has 1 aliphatic heterocycles. The smallest absolute Gasteiger partial charge is 0.313 e. The van der Waals surface area contributed by atoms with Gasteiger partial charge in [0.1, 0.15) is 5.75 Å². The van der Waals surface area contributed by atoms with Crippen molar-refractivity contribution in [3.8, 4) is 5.75 Å². The Morgan fingerprint density at radius 3 is 2.12 bits per heavy atom. The summed E-state index contributed by atoms with van der Waals surface area (Å²) >= 11 is 0. The largest absolute Gasteiger partial charge is 0.497 e. The van der Waals surface area contributed by atoms with Gasteiger partial charge in [-0.2, -0.15) is 0 Å². The summed E-state index contributed by atoms with van der Waals surface area (Å²) in [6.45, 7) is 9.96. The lowest BCUT2D eigenvalue weighted by molar-refractivity contribution is -0.136. The van der Waals surface area contributed by atoms with Crippen LogP contribution in [0.2, 0.25) is 0 Å². The van der Waals surface area contributed by atoms with Gasteiger partial charge < -0.3 is 20.3 Å². The van der Waals surface area contributed by atoms with Crippen LogP contribution in [0.25, 0.3) is 0 Å². The second-order valence-corrected chi connectivity index (χ2v) is 8.57. The third kappa shape index (κ3) is 5.87. The van der Waals surface area contributed by atoms with E-state index >= 15 is 0 Å². The number of nitrogens with one attached hydrogen (secondary N) is 2. The minimum absolute atomic E-state index is 0.0193. The molecule has 7 heteroatoms. The van der Waals surface area contributed by atoms with Gasteiger partial charge in [0.25, 0.3) is 0 Å². The number of carbonyl (C=O) groups is 2. The maximum atomic E-state index is 12.6. The first-order valence-corrected chi connectivity index (χ1v) is 11.0. The highest BCUT2D eigenvalue weighted by atomic mass is 16.5. The summed E-state index contributed by atoms with van der Waals surface area (Å²) in [4.78, 5) is 29.9. The number of amides is 2. The molecule has 32 heavy (non-hydrogen) atoms. The molecule has 0 bridgehead atoms. The minimum Gasteiger partial charge on any atom is -0.497 e. The molecule has 0 spiro atoms. The molecule has 0 aliphatic carbocycles. The first kappa shape index (κ1) is 23.8. The Morgan fingerprint density at radius 2 is 1.56 bits per heavy atom. The Bertz CT molecular complexity index is 927. The van der Waals surface area contributed by atoms with Gasteiger partial charge in [-0.15, -0.1) is 0 Å². The van der Waals surface area contributed by atoms with Crippen molar-refractivity contribution in [2.24, 2.45) is 0 Å². The van der Waals surface area contributed by atoms with E-state index < -0.39 is 11.8 Å². The molecule has 1 unspecified atom stereocenters. The predicted octanol–water partition coefficient (Wildman–Crippen LogP) is 2.66. The zero-order chi connectivity index (χ0) is 23.3. The number of hydrogen-bond acceptors (Lipinski definition) is 5. The highest BCUT2D eigenvalue weighted by molar-refractivity contribution is 6.39. The van der Waals surface area contributed by atoms with E-state index in [1.807, 2.05) is 57.2 Å². The number of methoxy groups -OCH3 is 1. The molecule has 172 valence electrons. The standard InChI is InChI=1S/C25H34N4O3/c1-17-14-18(2)23(19(3)15-17)27-25(31)24(30)26-16-22(29-12-10-28(4)11-13-29)20-6-8-21(32-5)9-7-20/h6-9,14-15,22H,10-13,16H2,1-5H3,(H,26,30)(H,27,31). The van der Waals surface area contributed by atoms with E-state index in [1.165, 1.54) is 0 Å².